The standard InChI is InChI=1S/C23H23NO3S/c1-15-6-4-7-17(12-15)23(25)24-10-9-16-13-19(26-2)20(27-3)14-18(16)22(24)21-8-5-11-28-21/h4-8,11-14,22H,9-10H2,1-3H3/t22-/m0/s1. The third-order valence-corrected chi connectivity index (χ3v) is 6.14. The molecule has 0 spiro atoms. The van der Waals surface area contributed by atoms with Gasteiger partial charge in [0.15, 0.2) is 11.5 Å². The molecular weight excluding hydrogens is 370 g/mol. The number of benzene rings is 2. The van der Waals surface area contributed by atoms with Crippen LogP contribution in [0.4, 0.5) is 0 Å². The third kappa shape index (κ3) is 3.27. The van der Waals surface area contributed by atoms with Gasteiger partial charge in [-0.2, -0.15) is 0 Å². The molecule has 144 valence electrons. The van der Waals surface area contributed by atoms with E-state index in [4.69, 9.17) is 9.47 Å². The highest BCUT2D eigenvalue weighted by Crippen LogP contribution is 2.42. The van der Waals surface area contributed by atoms with E-state index in [1.165, 1.54) is 5.56 Å². The number of nitrogens with zero attached hydrogens (tertiary/aromatic N) is 1. The van der Waals surface area contributed by atoms with Crippen LogP contribution >= 0.6 is 11.3 Å². The molecule has 0 radical (unpaired) electrons. The molecule has 0 saturated carbocycles. The summed E-state index contributed by atoms with van der Waals surface area (Å²) in [5.74, 6) is 1.47. The summed E-state index contributed by atoms with van der Waals surface area (Å²) in [6, 6.07) is 15.9. The predicted molar refractivity (Wildman–Crippen MR) is 112 cm³/mol. The maximum atomic E-state index is 13.4. The molecule has 1 amide bonds. The number of methoxy groups -OCH3 is 2. The van der Waals surface area contributed by atoms with Gasteiger partial charge in [0, 0.05) is 17.0 Å². The summed E-state index contributed by atoms with van der Waals surface area (Å²) >= 11 is 1.67. The van der Waals surface area contributed by atoms with Crippen molar-refractivity contribution in [1.82, 2.24) is 4.90 Å². The lowest BCUT2D eigenvalue weighted by molar-refractivity contribution is 0.0697. The molecule has 4 nitrogen and oxygen atoms in total. The Kier molecular flexibility index (Phi) is 5.09. The zero-order valence-corrected chi connectivity index (χ0v) is 17.1. The Balaban J connectivity index is 1.82. The molecule has 0 bridgehead atoms. The highest BCUT2D eigenvalue weighted by Gasteiger charge is 2.34. The number of hydrogen-bond acceptors (Lipinski definition) is 4. The Morgan fingerprint density at radius 3 is 2.54 bits per heavy atom. The molecule has 1 aliphatic rings. The average molecular weight is 394 g/mol. The molecular formula is C23H23NO3S. The average Bonchev–Trinajstić information content (AvgIpc) is 3.25. The van der Waals surface area contributed by atoms with Crippen LogP contribution in [-0.4, -0.2) is 31.6 Å². The summed E-state index contributed by atoms with van der Waals surface area (Å²) in [5.41, 5.74) is 4.12. The zero-order chi connectivity index (χ0) is 19.7. The van der Waals surface area contributed by atoms with E-state index in [1.807, 2.05) is 54.3 Å². The maximum absolute atomic E-state index is 13.4. The minimum atomic E-state index is -0.128. The van der Waals surface area contributed by atoms with Crippen LogP contribution < -0.4 is 9.47 Å². The van der Waals surface area contributed by atoms with Crippen LogP contribution in [0.1, 0.15) is 38.0 Å². The second-order valence-electron chi connectivity index (χ2n) is 6.94. The minimum Gasteiger partial charge on any atom is -0.493 e. The van der Waals surface area contributed by atoms with Crippen molar-refractivity contribution < 1.29 is 14.3 Å². The first-order valence-electron chi connectivity index (χ1n) is 9.28. The second-order valence-corrected chi connectivity index (χ2v) is 7.92. The van der Waals surface area contributed by atoms with Gasteiger partial charge in [-0.15, -0.1) is 11.3 Å². The zero-order valence-electron chi connectivity index (χ0n) is 16.3. The Morgan fingerprint density at radius 2 is 1.86 bits per heavy atom. The van der Waals surface area contributed by atoms with Crippen molar-refractivity contribution in [1.29, 1.82) is 0 Å². The van der Waals surface area contributed by atoms with Gasteiger partial charge in [-0.05, 0) is 60.2 Å². The lowest BCUT2D eigenvalue weighted by atomic mass is 9.90. The van der Waals surface area contributed by atoms with Crippen LogP contribution in [0, 0.1) is 6.92 Å². The van der Waals surface area contributed by atoms with E-state index < -0.39 is 0 Å². The summed E-state index contributed by atoms with van der Waals surface area (Å²) in [6.07, 6.45) is 0.787. The number of aryl methyl sites for hydroxylation is 1. The molecule has 28 heavy (non-hydrogen) atoms. The van der Waals surface area contributed by atoms with E-state index in [-0.39, 0.29) is 11.9 Å². The molecule has 1 aromatic heterocycles. The Bertz CT molecular complexity index is 997. The maximum Gasteiger partial charge on any atom is 0.254 e. The second kappa shape index (κ2) is 7.68. The number of thiophene rings is 1. The van der Waals surface area contributed by atoms with Gasteiger partial charge in [-0.1, -0.05) is 23.8 Å². The van der Waals surface area contributed by atoms with Crippen LogP contribution in [0.5, 0.6) is 11.5 Å². The van der Waals surface area contributed by atoms with Gasteiger partial charge >= 0.3 is 0 Å². The van der Waals surface area contributed by atoms with Crippen LogP contribution in [0.3, 0.4) is 0 Å². The summed E-state index contributed by atoms with van der Waals surface area (Å²) in [6.45, 7) is 2.67. The van der Waals surface area contributed by atoms with E-state index in [0.717, 1.165) is 33.7 Å². The number of amides is 1. The summed E-state index contributed by atoms with van der Waals surface area (Å²) in [7, 11) is 3.29. The Labute approximate surface area is 169 Å². The molecule has 1 atom stereocenters. The fourth-order valence-electron chi connectivity index (χ4n) is 3.86. The quantitative estimate of drug-likeness (QED) is 0.635. The van der Waals surface area contributed by atoms with Crippen molar-refractivity contribution in [3.8, 4) is 11.5 Å². The third-order valence-electron chi connectivity index (χ3n) is 5.21. The summed E-state index contributed by atoms with van der Waals surface area (Å²) < 4.78 is 11.0. The normalized spacial score (nSPS) is 15.8. The lowest BCUT2D eigenvalue weighted by Gasteiger charge is -2.37. The monoisotopic (exact) mass is 393 g/mol. The van der Waals surface area contributed by atoms with Crippen molar-refractivity contribution in [2.75, 3.05) is 20.8 Å². The van der Waals surface area contributed by atoms with Crippen molar-refractivity contribution in [2.24, 2.45) is 0 Å². The largest absolute Gasteiger partial charge is 0.493 e. The number of ether oxygens (including phenoxy) is 2. The smallest absolute Gasteiger partial charge is 0.254 e. The Morgan fingerprint density at radius 1 is 1.07 bits per heavy atom. The van der Waals surface area contributed by atoms with Gasteiger partial charge in [0.1, 0.15) is 0 Å². The van der Waals surface area contributed by atoms with Crippen molar-refractivity contribution in [3.63, 3.8) is 0 Å². The van der Waals surface area contributed by atoms with Crippen molar-refractivity contribution in [2.45, 2.75) is 19.4 Å². The molecule has 0 fully saturated rings. The first-order valence-corrected chi connectivity index (χ1v) is 10.2. The lowest BCUT2D eigenvalue weighted by Crippen LogP contribution is -2.40. The number of carbonyl (C=O) groups is 1. The molecule has 0 aliphatic carbocycles. The van der Waals surface area contributed by atoms with Crippen molar-refractivity contribution >= 4 is 17.2 Å². The Hall–Kier alpha value is -2.79. The number of hydrogen-bond donors (Lipinski definition) is 0. The van der Waals surface area contributed by atoms with E-state index in [0.29, 0.717) is 12.3 Å². The van der Waals surface area contributed by atoms with E-state index in [1.54, 1.807) is 25.6 Å². The van der Waals surface area contributed by atoms with E-state index >= 15 is 0 Å². The van der Waals surface area contributed by atoms with Crippen LogP contribution in [0.25, 0.3) is 0 Å². The van der Waals surface area contributed by atoms with Gasteiger partial charge in [0.2, 0.25) is 0 Å². The molecule has 1 aliphatic heterocycles. The molecule has 4 rings (SSSR count). The topological polar surface area (TPSA) is 38.8 Å². The molecule has 0 unspecified atom stereocenters. The number of fused-ring (bicyclic) bond motifs is 1. The van der Waals surface area contributed by atoms with Crippen LogP contribution in [-0.2, 0) is 6.42 Å². The van der Waals surface area contributed by atoms with Gasteiger partial charge in [0.05, 0.1) is 20.3 Å². The summed E-state index contributed by atoms with van der Waals surface area (Å²) in [4.78, 5) is 16.5. The fourth-order valence-corrected chi connectivity index (χ4v) is 4.72. The molecule has 2 heterocycles. The number of carbonyl (C=O) groups excluding carboxylic acids is 1. The first kappa shape index (κ1) is 18.6. The predicted octanol–water partition coefficient (Wildman–Crippen LogP) is 4.86. The SMILES string of the molecule is COc1cc2c(cc1OC)[C@@H](c1cccs1)N(C(=O)c1cccc(C)c1)CC2. The number of rotatable bonds is 4. The highest BCUT2D eigenvalue weighted by atomic mass is 32.1. The van der Waals surface area contributed by atoms with Crippen molar-refractivity contribution in [3.05, 3.63) is 81.0 Å². The minimum absolute atomic E-state index is 0.0579. The van der Waals surface area contributed by atoms with E-state index in [9.17, 15) is 4.79 Å². The van der Waals surface area contributed by atoms with Gasteiger partial charge in [-0.3, -0.25) is 4.79 Å². The van der Waals surface area contributed by atoms with Crippen LogP contribution in [0.2, 0.25) is 0 Å². The molecule has 0 N–H and O–H groups in total. The van der Waals surface area contributed by atoms with Gasteiger partial charge in [-0.25, -0.2) is 0 Å². The first-order chi connectivity index (χ1) is 13.6. The highest BCUT2D eigenvalue weighted by molar-refractivity contribution is 7.10. The van der Waals surface area contributed by atoms with Gasteiger partial charge < -0.3 is 14.4 Å². The molecule has 5 heteroatoms. The summed E-state index contributed by atoms with van der Waals surface area (Å²) in [5, 5.41) is 2.06. The fraction of sp³-hybridized carbons (Fsp3) is 0.261. The van der Waals surface area contributed by atoms with Gasteiger partial charge in [0.25, 0.3) is 5.91 Å². The van der Waals surface area contributed by atoms with Crippen LogP contribution in [0.15, 0.2) is 53.9 Å². The molecule has 3 aromatic rings. The molecule has 2 aromatic carbocycles. The molecule has 0 saturated heterocycles. The van der Waals surface area contributed by atoms with E-state index in [2.05, 4.69) is 11.4 Å².